The van der Waals surface area contributed by atoms with Crippen LogP contribution in [0, 0.1) is 6.92 Å². The van der Waals surface area contributed by atoms with Crippen LogP contribution in [0.25, 0.3) is 0 Å². The fraction of sp³-hybridized carbons (Fsp3) is 0.250. The third-order valence-corrected chi connectivity index (χ3v) is 3.16. The summed E-state index contributed by atoms with van der Waals surface area (Å²) in [4.78, 5) is 16.7. The van der Waals surface area contributed by atoms with E-state index in [9.17, 15) is 4.79 Å². The molecule has 3 rings (SSSR count). The summed E-state index contributed by atoms with van der Waals surface area (Å²) in [5.74, 6) is 1.38. The molecule has 0 N–H and O–H groups in total. The van der Waals surface area contributed by atoms with Gasteiger partial charge in [-0.3, -0.25) is 9.36 Å². The molecule has 4 heteroatoms. The Morgan fingerprint density at radius 2 is 2.00 bits per heavy atom. The molecule has 20 heavy (non-hydrogen) atoms. The molecule has 0 bridgehead atoms. The number of ether oxygens (including phenoxy) is 1. The van der Waals surface area contributed by atoms with E-state index in [-0.39, 0.29) is 5.56 Å². The molecule has 2 aromatic rings. The minimum Gasteiger partial charge on any atom is -0.466 e. The van der Waals surface area contributed by atoms with Crippen LogP contribution in [0.2, 0.25) is 0 Å². The van der Waals surface area contributed by atoms with Gasteiger partial charge in [0.1, 0.15) is 11.6 Å². The lowest BCUT2D eigenvalue weighted by Gasteiger charge is -2.30. The molecule has 2 heterocycles. The maximum Gasteiger partial charge on any atom is 0.256 e. The molecule has 0 unspecified atom stereocenters. The predicted octanol–water partition coefficient (Wildman–Crippen LogP) is 2.58. The summed E-state index contributed by atoms with van der Waals surface area (Å²) < 4.78 is 7.42. The first-order chi connectivity index (χ1) is 9.46. The molecule has 0 fully saturated rings. The number of rotatable bonds is 0. The molecule has 102 valence electrons. The second-order valence-corrected chi connectivity index (χ2v) is 5.39. The van der Waals surface area contributed by atoms with Gasteiger partial charge < -0.3 is 4.74 Å². The van der Waals surface area contributed by atoms with Gasteiger partial charge in [-0.2, -0.15) is 0 Å². The van der Waals surface area contributed by atoms with Gasteiger partial charge in [0.25, 0.3) is 5.56 Å². The predicted molar refractivity (Wildman–Crippen MR) is 78.5 cm³/mol. The summed E-state index contributed by atoms with van der Waals surface area (Å²) >= 11 is 0. The van der Waals surface area contributed by atoms with Crippen molar-refractivity contribution in [1.82, 2.24) is 4.57 Å². The Balaban J connectivity index is 2.28. The number of hydrogen-bond donors (Lipinski definition) is 0. The highest BCUT2D eigenvalue weighted by Crippen LogP contribution is 2.31. The largest absolute Gasteiger partial charge is 0.466 e. The normalized spacial score (nSPS) is 16.1. The van der Waals surface area contributed by atoms with Crippen molar-refractivity contribution in [2.75, 3.05) is 0 Å². The van der Waals surface area contributed by atoms with Gasteiger partial charge in [0.2, 0.25) is 0 Å². The molecule has 0 radical (unpaired) electrons. The van der Waals surface area contributed by atoms with E-state index in [2.05, 4.69) is 4.99 Å². The summed E-state index contributed by atoms with van der Waals surface area (Å²) in [7, 11) is 0. The highest BCUT2D eigenvalue weighted by molar-refractivity contribution is 6.03. The molecular weight excluding hydrogens is 252 g/mol. The van der Waals surface area contributed by atoms with E-state index >= 15 is 0 Å². The number of fused-ring (bicyclic) bond motifs is 1. The van der Waals surface area contributed by atoms with E-state index in [4.69, 9.17) is 4.74 Å². The lowest BCUT2D eigenvalue weighted by Crippen LogP contribution is -2.37. The van der Waals surface area contributed by atoms with Gasteiger partial charge in [0.05, 0.1) is 5.56 Å². The number of aryl methyl sites for hydroxylation is 1. The van der Waals surface area contributed by atoms with Crippen molar-refractivity contribution in [3.05, 3.63) is 64.1 Å². The van der Waals surface area contributed by atoms with Crippen molar-refractivity contribution in [3.8, 4) is 5.75 Å². The summed E-state index contributed by atoms with van der Waals surface area (Å²) in [5, 5.41) is 0. The molecule has 0 saturated heterocycles. The smallest absolute Gasteiger partial charge is 0.256 e. The van der Waals surface area contributed by atoms with Gasteiger partial charge in [0.15, 0.2) is 5.72 Å². The molecule has 0 spiro atoms. The molecule has 0 atom stereocenters. The molecule has 1 aliphatic heterocycles. The van der Waals surface area contributed by atoms with E-state index in [0.717, 1.165) is 16.9 Å². The third kappa shape index (κ3) is 2.13. The summed E-state index contributed by atoms with van der Waals surface area (Å²) in [6, 6.07) is 11.0. The summed E-state index contributed by atoms with van der Waals surface area (Å²) in [5.41, 5.74) is 1.16. The molecule has 0 aliphatic carbocycles. The lowest BCUT2D eigenvalue weighted by molar-refractivity contribution is 0.114. The van der Waals surface area contributed by atoms with Crippen LogP contribution in [0.4, 0.5) is 0 Å². The Morgan fingerprint density at radius 3 is 2.75 bits per heavy atom. The van der Waals surface area contributed by atoms with Crippen LogP contribution in [-0.2, 0) is 0 Å². The van der Waals surface area contributed by atoms with Crippen LogP contribution in [0.5, 0.6) is 5.75 Å². The quantitative estimate of drug-likeness (QED) is 0.737. The lowest BCUT2D eigenvalue weighted by atomic mass is 10.1. The number of hydrogen-bond acceptors (Lipinski definition) is 3. The standard InChI is InChI=1S/C16H16N2O2/c1-11-7-8-13-12(10-11)15(17-16(2,3)20-13)18-9-5-4-6-14(18)19/h4-10H,1-3H3. The average molecular weight is 268 g/mol. The zero-order chi connectivity index (χ0) is 14.3. The van der Waals surface area contributed by atoms with Gasteiger partial charge in [-0.1, -0.05) is 17.7 Å². The minimum atomic E-state index is -0.688. The second-order valence-electron chi connectivity index (χ2n) is 5.39. The van der Waals surface area contributed by atoms with Crippen molar-refractivity contribution < 1.29 is 4.74 Å². The van der Waals surface area contributed by atoms with E-state index in [0.29, 0.717) is 5.84 Å². The first kappa shape index (κ1) is 12.7. The highest BCUT2D eigenvalue weighted by atomic mass is 16.5. The molecule has 1 aliphatic rings. The third-order valence-electron chi connectivity index (χ3n) is 3.16. The van der Waals surface area contributed by atoms with Crippen LogP contribution in [0.1, 0.15) is 25.0 Å². The second kappa shape index (κ2) is 4.34. The number of benzene rings is 1. The van der Waals surface area contributed by atoms with Crippen LogP contribution >= 0.6 is 0 Å². The van der Waals surface area contributed by atoms with Crippen LogP contribution < -0.4 is 10.3 Å². The fourth-order valence-corrected chi connectivity index (χ4v) is 2.30. The topological polar surface area (TPSA) is 43.6 Å². The summed E-state index contributed by atoms with van der Waals surface area (Å²) in [6.07, 6.45) is 1.73. The Bertz CT molecular complexity index is 757. The molecule has 1 aromatic carbocycles. The molecule has 0 amide bonds. The highest BCUT2D eigenvalue weighted by Gasteiger charge is 2.29. The van der Waals surface area contributed by atoms with Gasteiger partial charge >= 0.3 is 0 Å². The van der Waals surface area contributed by atoms with Gasteiger partial charge in [-0.05, 0) is 39.0 Å². The van der Waals surface area contributed by atoms with E-state index in [1.165, 1.54) is 6.07 Å². The Labute approximate surface area is 117 Å². The zero-order valence-corrected chi connectivity index (χ0v) is 11.8. The first-order valence-corrected chi connectivity index (χ1v) is 6.54. The number of pyridine rings is 1. The summed E-state index contributed by atoms with van der Waals surface area (Å²) in [6.45, 7) is 5.76. The maximum atomic E-state index is 12.1. The van der Waals surface area contributed by atoms with Crippen LogP contribution in [0.15, 0.2) is 52.4 Å². The van der Waals surface area contributed by atoms with Crippen molar-refractivity contribution in [2.24, 2.45) is 4.99 Å². The first-order valence-electron chi connectivity index (χ1n) is 6.54. The number of nitrogens with zero attached hydrogens (tertiary/aromatic N) is 2. The van der Waals surface area contributed by atoms with E-state index in [1.807, 2.05) is 45.0 Å². The molecule has 4 nitrogen and oxygen atoms in total. The molecule has 1 aromatic heterocycles. The van der Waals surface area contributed by atoms with Crippen molar-refractivity contribution in [1.29, 1.82) is 0 Å². The van der Waals surface area contributed by atoms with Crippen molar-refractivity contribution in [3.63, 3.8) is 0 Å². The average Bonchev–Trinajstić information content (AvgIpc) is 2.38. The monoisotopic (exact) mass is 268 g/mol. The molecule has 0 saturated carbocycles. The Morgan fingerprint density at radius 1 is 1.20 bits per heavy atom. The van der Waals surface area contributed by atoms with E-state index in [1.54, 1.807) is 16.8 Å². The maximum absolute atomic E-state index is 12.1. The van der Waals surface area contributed by atoms with Gasteiger partial charge in [-0.15, -0.1) is 0 Å². The zero-order valence-electron chi connectivity index (χ0n) is 11.8. The van der Waals surface area contributed by atoms with Gasteiger partial charge in [0, 0.05) is 12.3 Å². The fourth-order valence-electron chi connectivity index (χ4n) is 2.30. The number of aliphatic imine (C=N–C) groups is 1. The van der Waals surface area contributed by atoms with Crippen LogP contribution in [0.3, 0.4) is 0 Å². The van der Waals surface area contributed by atoms with E-state index < -0.39 is 5.72 Å². The Hall–Kier alpha value is -2.36. The van der Waals surface area contributed by atoms with Gasteiger partial charge in [-0.25, -0.2) is 4.99 Å². The minimum absolute atomic E-state index is 0.101. The number of aromatic nitrogens is 1. The Kier molecular flexibility index (Phi) is 2.74. The van der Waals surface area contributed by atoms with Crippen molar-refractivity contribution >= 4 is 5.84 Å². The van der Waals surface area contributed by atoms with Crippen molar-refractivity contribution in [2.45, 2.75) is 26.5 Å². The van der Waals surface area contributed by atoms with Crippen LogP contribution in [-0.4, -0.2) is 16.1 Å². The SMILES string of the molecule is Cc1ccc2c(c1)C(n1ccccc1=O)=NC(C)(C)O2. The molecular formula is C16H16N2O2.